The monoisotopic (exact) mass is 348 g/mol. The van der Waals surface area contributed by atoms with Crippen LogP contribution in [0.3, 0.4) is 0 Å². The summed E-state index contributed by atoms with van der Waals surface area (Å²) >= 11 is 5.74. The maximum atomic E-state index is 13.2. The first-order valence-corrected chi connectivity index (χ1v) is 9.12. The number of rotatable bonds is 2. The zero-order chi connectivity index (χ0) is 17.4. The van der Waals surface area contributed by atoms with Crippen molar-refractivity contribution in [3.8, 4) is 0 Å². The second kappa shape index (κ2) is 6.19. The molecule has 2 aromatic carbocycles. The number of hydrogen-bond acceptors (Lipinski definition) is 3. The molecule has 0 N–H and O–H groups in total. The summed E-state index contributed by atoms with van der Waals surface area (Å²) in [7, 11) is 0. The molecule has 1 aliphatic heterocycles. The van der Waals surface area contributed by atoms with Crippen LogP contribution >= 0.6 is 12.2 Å². The standard InChI is InChI=1S/C21H20N2OS/c1-15-9-11-16(12-10-15)18-20(25)23(21(22-18)13-5-6-14-21)19(24)17-7-3-2-4-8-17/h2-4,7-12H,5-6,13-14H2,1H3. The fourth-order valence-corrected chi connectivity index (χ4v) is 4.18. The van der Waals surface area contributed by atoms with Crippen LogP contribution in [0.5, 0.6) is 0 Å². The SMILES string of the molecule is Cc1ccc(C2=NC3(CCCC3)N(C(=O)c3ccccc3)C2=S)cc1. The Morgan fingerprint density at radius 2 is 1.68 bits per heavy atom. The molecule has 1 spiro atoms. The molecule has 1 amide bonds. The van der Waals surface area contributed by atoms with E-state index >= 15 is 0 Å². The minimum absolute atomic E-state index is 0.0432. The lowest BCUT2D eigenvalue weighted by Gasteiger charge is -2.32. The third-order valence-corrected chi connectivity index (χ3v) is 5.47. The van der Waals surface area contributed by atoms with Crippen molar-refractivity contribution < 1.29 is 4.79 Å². The number of aryl methyl sites for hydroxylation is 1. The minimum atomic E-state index is -0.496. The van der Waals surface area contributed by atoms with E-state index in [-0.39, 0.29) is 5.91 Å². The molecule has 1 saturated carbocycles. The predicted octanol–water partition coefficient (Wildman–Crippen LogP) is 4.54. The lowest BCUT2D eigenvalue weighted by Crippen LogP contribution is -2.48. The second-order valence-electron chi connectivity index (χ2n) is 6.83. The maximum Gasteiger partial charge on any atom is 0.260 e. The van der Waals surface area contributed by atoms with Crippen molar-refractivity contribution in [2.45, 2.75) is 38.3 Å². The summed E-state index contributed by atoms with van der Waals surface area (Å²) in [5.41, 5.74) is 3.13. The van der Waals surface area contributed by atoms with Crippen molar-refractivity contribution in [3.63, 3.8) is 0 Å². The molecule has 0 bridgehead atoms. The van der Waals surface area contributed by atoms with Crippen LogP contribution in [0.1, 0.15) is 47.2 Å². The molecule has 2 aromatic rings. The summed E-state index contributed by atoms with van der Waals surface area (Å²) in [6.45, 7) is 2.06. The Morgan fingerprint density at radius 3 is 2.32 bits per heavy atom. The molecule has 1 heterocycles. The highest BCUT2D eigenvalue weighted by Crippen LogP contribution is 2.42. The van der Waals surface area contributed by atoms with Crippen molar-refractivity contribution in [1.29, 1.82) is 0 Å². The van der Waals surface area contributed by atoms with Gasteiger partial charge >= 0.3 is 0 Å². The van der Waals surface area contributed by atoms with E-state index in [1.807, 2.05) is 42.5 Å². The Bertz CT molecular complexity index is 849. The van der Waals surface area contributed by atoms with Gasteiger partial charge < -0.3 is 0 Å². The number of thiocarbonyl (C=S) groups is 1. The largest absolute Gasteiger partial charge is 0.271 e. The van der Waals surface area contributed by atoms with E-state index in [0.29, 0.717) is 10.6 Å². The Hall–Kier alpha value is -2.33. The van der Waals surface area contributed by atoms with E-state index in [4.69, 9.17) is 17.2 Å². The number of carbonyl (C=O) groups is 1. The molecule has 126 valence electrons. The number of amides is 1. The van der Waals surface area contributed by atoms with Gasteiger partial charge in [-0.2, -0.15) is 0 Å². The van der Waals surface area contributed by atoms with Crippen LogP contribution < -0.4 is 0 Å². The van der Waals surface area contributed by atoms with E-state index in [1.54, 1.807) is 4.90 Å². The van der Waals surface area contributed by atoms with Gasteiger partial charge in [-0.3, -0.25) is 14.7 Å². The van der Waals surface area contributed by atoms with Crippen molar-refractivity contribution in [1.82, 2.24) is 4.90 Å². The Morgan fingerprint density at radius 1 is 1.04 bits per heavy atom. The molecule has 1 aliphatic carbocycles. The van der Waals surface area contributed by atoms with E-state index < -0.39 is 5.66 Å². The molecule has 3 nitrogen and oxygen atoms in total. The summed E-state index contributed by atoms with van der Waals surface area (Å²) in [5.74, 6) is -0.0432. The molecular formula is C21H20N2OS. The summed E-state index contributed by atoms with van der Waals surface area (Å²) in [6, 6.07) is 17.6. The number of hydrogen-bond donors (Lipinski definition) is 0. The van der Waals surface area contributed by atoms with Gasteiger partial charge in [0, 0.05) is 11.1 Å². The lowest BCUT2D eigenvalue weighted by molar-refractivity contribution is 0.0724. The van der Waals surface area contributed by atoms with Crippen molar-refractivity contribution in [2.24, 2.45) is 4.99 Å². The van der Waals surface area contributed by atoms with Gasteiger partial charge in [-0.1, -0.05) is 60.2 Å². The van der Waals surface area contributed by atoms with Gasteiger partial charge in [-0.15, -0.1) is 0 Å². The lowest BCUT2D eigenvalue weighted by atomic mass is 10.1. The molecule has 4 rings (SSSR count). The number of carbonyl (C=O) groups excluding carboxylic acids is 1. The Labute approximate surface area is 153 Å². The molecule has 4 heteroatoms. The predicted molar refractivity (Wildman–Crippen MR) is 104 cm³/mol. The molecule has 25 heavy (non-hydrogen) atoms. The molecule has 0 radical (unpaired) electrons. The van der Waals surface area contributed by atoms with E-state index in [0.717, 1.165) is 37.0 Å². The van der Waals surface area contributed by atoms with Gasteiger partial charge in [-0.05, 0) is 44.7 Å². The zero-order valence-corrected chi connectivity index (χ0v) is 15.1. The highest BCUT2D eigenvalue weighted by atomic mass is 32.1. The molecule has 2 aliphatic rings. The van der Waals surface area contributed by atoms with Crippen LogP contribution in [0.4, 0.5) is 0 Å². The Balaban J connectivity index is 1.76. The first kappa shape index (κ1) is 16.2. The molecular weight excluding hydrogens is 328 g/mol. The third kappa shape index (κ3) is 2.71. The van der Waals surface area contributed by atoms with Crippen LogP contribution in [-0.2, 0) is 0 Å². The highest BCUT2D eigenvalue weighted by molar-refractivity contribution is 7.82. The van der Waals surface area contributed by atoms with Crippen LogP contribution in [0.25, 0.3) is 0 Å². The average Bonchev–Trinajstić information content (AvgIpc) is 3.21. The van der Waals surface area contributed by atoms with Crippen LogP contribution in [0.15, 0.2) is 59.6 Å². The molecule has 0 atom stereocenters. The van der Waals surface area contributed by atoms with Gasteiger partial charge in [0.1, 0.15) is 16.4 Å². The molecule has 0 saturated heterocycles. The molecule has 1 fully saturated rings. The molecule has 0 aromatic heterocycles. The van der Waals surface area contributed by atoms with E-state index in [9.17, 15) is 4.79 Å². The van der Waals surface area contributed by atoms with Crippen molar-refractivity contribution >= 4 is 28.8 Å². The van der Waals surface area contributed by atoms with E-state index in [1.165, 1.54) is 5.56 Å². The third-order valence-electron chi connectivity index (χ3n) is 5.09. The highest BCUT2D eigenvalue weighted by Gasteiger charge is 2.50. The Kier molecular flexibility index (Phi) is 4.00. The summed E-state index contributed by atoms with van der Waals surface area (Å²) < 4.78 is 0. The summed E-state index contributed by atoms with van der Waals surface area (Å²) in [5, 5.41) is 0. The van der Waals surface area contributed by atoms with Crippen LogP contribution in [-0.4, -0.2) is 27.2 Å². The minimum Gasteiger partial charge on any atom is -0.271 e. The first-order chi connectivity index (χ1) is 12.1. The smallest absolute Gasteiger partial charge is 0.260 e. The quantitative estimate of drug-likeness (QED) is 0.747. The van der Waals surface area contributed by atoms with E-state index in [2.05, 4.69) is 19.1 Å². The number of nitrogens with zero attached hydrogens (tertiary/aromatic N) is 2. The summed E-state index contributed by atoms with van der Waals surface area (Å²) in [4.78, 5) is 20.6. The summed E-state index contributed by atoms with van der Waals surface area (Å²) in [6.07, 6.45) is 3.90. The topological polar surface area (TPSA) is 32.7 Å². The fourth-order valence-electron chi connectivity index (χ4n) is 3.77. The van der Waals surface area contributed by atoms with Crippen molar-refractivity contribution in [3.05, 3.63) is 71.3 Å². The fraction of sp³-hybridized carbons (Fsp3) is 0.286. The van der Waals surface area contributed by atoms with Gasteiger partial charge in [0.2, 0.25) is 0 Å². The van der Waals surface area contributed by atoms with Gasteiger partial charge in [0.15, 0.2) is 0 Å². The average molecular weight is 348 g/mol. The van der Waals surface area contributed by atoms with Gasteiger partial charge in [0.25, 0.3) is 5.91 Å². The van der Waals surface area contributed by atoms with Gasteiger partial charge in [0.05, 0.1) is 0 Å². The van der Waals surface area contributed by atoms with Gasteiger partial charge in [-0.25, -0.2) is 0 Å². The maximum absolute atomic E-state index is 13.2. The van der Waals surface area contributed by atoms with Crippen molar-refractivity contribution in [2.75, 3.05) is 0 Å². The first-order valence-electron chi connectivity index (χ1n) is 8.72. The van der Waals surface area contributed by atoms with Crippen LogP contribution in [0, 0.1) is 6.92 Å². The molecule has 0 unspecified atom stereocenters. The number of benzene rings is 2. The zero-order valence-electron chi connectivity index (χ0n) is 14.2. The normalized spacial score (nSPS) is 18.7. The van der Waals surface area contributed by atoms with Crippen LogP contribution in [0.2, 0.25) is 0 Å². The number of aliphatic imine (C=N–C) groups is 1. The second-order valence-corrected chi connectivity index (χ2v) is 7.21.